The molecule has 0 spiro atoms. The van der Waals surface area contributed by atoms with Gasteiger partial charge in [-0.05, 0) is 23.8 Å². The molecule has 1 aromatic heterocycles. The van der Waals surface area contributed by atoms with Crippen LogP contribution in [0.25, 0.3) is 32.9 Å². The molecule has 0 aliphatic carbocycles. The van der Waals surface area contributed by atoms with Gasteiger partial charge in [0.1, 0.15) is 0 Å². The summed E-state index contributed by atoms with van der Waals surface area (Å²) in [5.74, 6) is -0.00114. The van der Waals surface area contributed by atoms with E-state index in [1.54, 1.807) is 11.8 Å². The molecule has 5 rings (SSSR count). The predicted octanol–water partition coefficient (Wildman–Crippen LogP) is 4.68. The lowest BCUT2D eigenvalue weighted by molar-refractivity contribution is -0.116. The lowest BCUT2D eigenvalue weighted by Crippen LogP contribution is -2.31. The molecular weight excluding hydrogens is 336 g/mol. The number of rotatable bonds is 1. The van der Waals surface area contributed by atoms with E-state index in [2.05, 4.69) is 22.8 Å². The maximum absolute atomic E-state index is 12.3. The molecule has 0 saturated carbocycles. The summed E-state index contributed by atoms with van der Waals surface area (Å²) in [6.07, 6.45) is 0.959. The van der Waals surface area contributed by atoms with Crippen molar-refractivity contribution in [2.24, 2.45) is 7.05 Å². The van der Waals surface area contributed by atoms with Crippen LogP contribution >= 0.6 is 0 Å². The summed E-state index contributed by atoms with van der Waals surface area (Å²) in [4.78, 5) is 26.3. The highest BCUT2D eigenvalue weighted by molar-refractivity contribution is 6.17. The molecule has 0 radical (unpaired) electrons. The first-order chi connectivity index (χ1) is 13.1. The number of aryl methyl sites for hydroxylation is 1. The molecule has 132 valence electrons. The summed E-state index contributed by atoms with van der Waals surface area (Å²) < 4.78 is 2.09. The molecule has 0 fully saturated rings. The average Bonchev–Trinajstić information content (AvgIpc) is 2.98. The molecule has 1 aliphatic heterocycles. The van der Waals surface area contributed by atoms with Crippen LogP contribution in [0.2, 0.25) is 0 Å². The number of amides is 1. The zero-order valence-corrected chi connectivity index (χ0v) is 15.2. The molecule has 0 saturated heterocycles. The number of benzene rings is 3. The van der Waals surface area contributed by atoms with Crippen LogP contribution in [0.4, 0.5) is 5.69 Å². The topological polar surface area (TPSA) is 42.3 Å². The molecule has 0 N–H and O–H groups in total. The van der Waals surface area contributed by atoms with Crippen LogP contribution in [0.5, 0.6) is 0 Å². The summed E-state index contributed by atoms with van der Waals surface area (Å²) >= 11 is 0. The van der Waals surface area contributed by atoms with Gasteiger partial charge in [0.05, 0.1) is 17.7 Å². The lowest BCUT2D eigenvalue weighted by Gasteiger charge is -2.31. The normalized spacial score (nSPS) is 12.9. The molecule has 0 unspecified atom stereocenters. The van der Waals surface area contributed by atoms with Gasteiger partial charge in [0, 0.05) is 47.0 Å². The van der Waals surface area contributed by atoms with Gasteiger partial charge < -0.3 is 9.47 Å². The molecule has 4 heteroatoms. The van der Waals surface area contributed by atoms with Crippen molar-refractivity contribution >= 4 is 39.7 Å². The molecule has 3 aromatic carbocycles. The molecule has 1 amide bonds. The van der Waals surface area contributed by atoms with Crippen molar-refractivity contribution in [3.63, 3.8) is 0 Å². The maximum Gasteiger partial charge on any atom is 0.224 e. The summed E-state index contributed by atoms with van der Waals surface area (Å²) in [5, 5.41) is 2.17. The molecular formula is C23H18N2O2. The molecule has 4 aromatic rings. The zero-order valence-electron chi connectivity index (χ0n) is 15.2. The molecule has 1 aliphatic rings. The van der Waals surface area contributed by atoms with Crippen LogP contribution in [0.3, 0.4) is 0 Å². The van der Waals surface area contributed by atoms with Crippen molar-refractivity contribution in [1.29, 1.82) is 0 Å². The molecule has 27 heavy (non-hydrogen) atoms. The number of hydrogen-bond donors (Lipinski definition) is 0. The van der Waals surface area contributed by atoms with Crippen molar-refractivity contribution in [2.75, 3.05) is 4.90 Å². The van der Waals surface area contributed by atoms with Gasteiger partial charge in [0.25, 0.3) is 0 Å². The fraction of sp³-hybridized carbons (Fsp3) is 0.130. The van der Waals surface area contributed by atoms with Crippen molar-refractivity contribution < 1.29 is 9.59 Å². The van der Waals surface area contributed by atoms with E-state index in [9.17, 15) is 9.59 Å². The number of carbonyl (C=O) groups excluding carboxylic acids is 2. The first-order valence-corrected chi connectivity index (χ1v) is 8.97. The van der Waals surface area contributed by atoms with Gasteiger partial charge >= 0.3 is 0 Å². The van der Waals surface area contributed by atoms with Gasteiger partial charge in [-0.25, -0.2) is 0 Å². The molecule has 0 bridgehead atoms. The second-order valence-corrected chi connectivity index (χ2v) is 7.04. The Labute approximate surface area is 156 Å². The number of aromatic nitrogens is 1. The highest BCUT2D eigenvalue weighted by atomic mass is 16.2. The smallest absolute Gasteiger partial charge is 0.224 e. The van der Waals surface area contributed by atoms with E-state index in [0.29, 0.717) is 12.1 Å². The Morgan fingerprint density at radius 2 is 1.78 bits per heavy atom. The van der Waals surface area contributed by atoms with E-state index >= 15 is 0 Å². The van der Waals surface area contributed by atoms with Crippen LogP contribution in [-0.4, -0.2) is 16.8 Å². The van der Waals surface area contributed by atoms with Crippen molar-refractivity contribution in [3.8, 4) is 11.1 Å². The second-order valence-electron chi connectivity index (χ2n) is 7.04. The fourth-order valence-corrected chi connectivity index (χ4v) is 4.45. The third-order valence-electron chi connectivity index (χ3n) is 5.60. The number of fused-ring (bicyclic) bond motifs is 6. The van der Waals surface area contributed by atoms with Crippen LogP contribution in [0.1, 0.15) is 22.8 Å². The molecule has 2 heterocycles. The predicted molar refractivity (Wildman–Crippen MR) is 108 cm³/mol. The fourth-order valence-electron chi connectivity index (χ4n) is 4.45. The highest BCUT2D eigenvalue weighted by Crippen LogP contribution is 2.44. The van der Waals surface area contributed by atoms with Gasteiger partial charge in [0.2, 0.25) is 5.91 Å². The first-order valence-electron chi connectivity index (χ1n) is 8.97. The molecule has 4 nitrogen and oxygen atoms in total. The van der Waals surface area contributed by atoms with E-state index < -0.39 is 0 Å². The summed E-state index contributed by atoms with van der Waals surface area (Å²) in [6.45, 7) is 2.06. The summed E-state index contributed by atoms with van der Waals surface area (Å²) in [6, 6.07) is 18.1. The Kier molecular flexibility index (Phi) is 3.25. The minimum absolute atomic E-state index is 0.00114. The quantitative estimate of drug-likeness (QED) is 0.466. The minimum atomic E-state index is -0.00114. The van der Waals surface area contributed by atoms with Gasteiger partial charge in [-0.3, -0.25) is 9.59 Å². The largest absolute Gasteiger partial charge is 0.343 e. The van der Waals surface area contributed by atoms with E-state index in [-0.39, 0.29) is 5.91 Å². The van der Waals surface area contributed by atoms with Crippen molar-refractivity contribution in [3.05, 3.63) is 65.7 Å². The number of aldehydes is 1. The Morgan fingerprint density at radius 1 is 1.04 bits per heavy atom. The number of para-hydroxylation sites is 2. The monoisotopic (exact) mass is 354 g/mol. The Morgan fingerprint density at radius 3 is 2.56 bits per heavy atom. The lowest BCUT2D eigenvalue weighted by atomic mass is 9.88. The van der Waals surface area contributed by atoms with Crippen molar-refractivity contribution in [2.45, 2.75) is 13.5 Å². The van der Waals surface area contributed by atoms with E-state index in [1.165, 1.54) is 0 Å². The SMILES string of the molecule is CC(=O)N1Cc2cc3c4ccccc4n(C)c3c(C=O)c2-c2ccccc21. The maximum atomic E-state index is 12.3. The van der Waals surface area contributed by atoms with Crippen LogP contribution < -0.4 is 4.90 Å². The second kappa shape index (κ2) is 5.55. The Bertz CT molecular complexity index is 1270. The van der Waals surface area contributed by atoms with Crippen molar-refractivity contribution in [1.82, 2.24) is 4.57 Å². The summed E-state index contributed by atoms with van der Waals surface area (Å²) in [5.41, 5.74) is 6.47. The number of hydrogen-bond acceptors (Lipinski definition) is 2. The van der Waals surface area contributed by atoms with Gasteiger partial charge in [-0.1, -0.05) is 36.4 Å². The Hall–Kier alpha value is -3.40. The third kappa shape index (κ3) is 2.04. The number of anilines is 1. The van der Waals surface area contributed by atoms with E-state index in [0.717, 1.165) is 50.5 Å². The summed E-state index contributed by atoms with van der Waals surface area (Å²) in [7, 11) is 2.00. The van der Waals surface area contributed by atoms with Gasteiger partial charge in [-0.2, -0.15) is 0 Å². The third-order valence-corrected chi connectivity index (χ3v) is 5.60. The number of carbonyl (C=O) groups is 2. The first kappa shape index (κ1) is 15.8. The van der Waals surface area contributed by atoms with E-state index in [1.807, 2.05) is 43.4 Å². The Balaban J connectivity index is 1.97. The van der Waals surface area contributed by atoms with E-state index in [4.69, 9.17) is 0 Å². The number of nitrogens with zero attached hydrogens (tertiary/aromatic N) is 2. The molecule has 0 atom stereocenters. The van der Waals surface area contributed by atoms with Crippen LogP contribution in [0, 0.1) is 0 Å². The average molecular weight is 354 g/mol. The standard InChI is InChI=1S/C23H18N2O2/c1-14(27)25-12-15-11-18-16-7-3-5-9-20(16)24(2)23(18)19(13-26)22(15)17-8-4-6-10-21(17)25/h3-11,13H,12H2,1-2H3. The van der Waals surface area contributed by atoms with Crippen LogP contribution in [0.15, 0.2) is 54.6 Å². The van der Waals surface area contributed by atoms with Gasteiger partial charge in [-0.15, -0.1) is 0 Å². The zero-order chi connectivity index (χ0) is 18.7. The van der Waals surface area contributed by atoms with Gasteiger partial charge in [0.15, 0.2) is 6.29 Å². The van der Waals surface area contributed by atoms with Crippen LogP contribution in [-0.2, 0) is 18.4 Å². The highest BCUT2D eigenvalue weighted by Gasteiger charge is 2.28. The minimum Gasteiger partial charge on any atom is -0.343 e.